The monoisotopic (exact) mass is 341 g/mol. The highest BCUT2D eigenvalue weighted by molar-refractivity contribution is 5.89. The van der Waals surface area contributed by atoms with Crippen LogP contribution in [0.2, 0.25) is 0 Å². The molecule has 1 amide bonds. The second-order valence-corrected chi connectivity index (χ2v) is 7.95. The zero-order chi connectivity index (χ0) is 18.2. The van der Waals surface area contributed by atoms with Crippen LogP contribution in [0, 0.1) is 12.3 Å². The minimum atomic E-state index is -0.496. The van der Waals surface area contributed by atoms with Gasteiger partial charge in [0.05, 0.1) is 12.6 Å². The summed E-state index contributed by atoms with van der Waals surface area (Å²) < 4.78 is 6.17. The fourth-order valence-corrected chi connectivity index (χ4v) is 3.21. The van der Waals surface area contributed by atoms with Gasteiger partial charge in [0.1, 0.15) is 6.10 Å². The van der Waals surface area contributed by atoms with E-state index in [0.717, 1.165) is 22.8 Å². The van der Waals surface area contributed by atoms with Gasteiger partial charge in [-0.2, -0.15) is 0 Å². The molecule has 134 valence electrons. The fraction of sp³-hybridized carbons (Fsp3) is 0.500. The van der Waals surface area contributed by atoms with Crippen molar-refractivity contribution in [2.45, 2.75) is 46.3 Å². The van der Waals surface area contributed by atoms with Crippen molar-refractivity contribution in [3.05, 3.63) is 36.0 Å². The van der Waals surface area contributed by atoms with Crippen molar-refractivity contribution < 1.29 is 9.53 Å². The third-order valence-corrected chi connectivity index (χ3v) is 4.90. The van der Waals surface area contributed by atoms with E-state index < -0.39 is 6.04 Å². The summed E-state index contributed by atoms with van der Waals surface area (Å²) in [7, 11) is 0. The Morgan fingerprint density at radius 3 is 2.84 bits per heavy atom. The van der Waals surface area contributed by atoms with Crippen LogP contribution < -0.4 is 10.5 Å². The first kappa shape index (κ1) is 17.7. The molecule has 5 nitrogen and oxygen atoms in total. The predicted octanol–water partition coefficient (Wildman–Crippen LogP) is 2.90. The number of benzene rings is 1. The number of aryl methyl sites for hydroxylation is 1. The largest absolute Gasteiger partial charge is 0.472 e. The van der Waals surface area contributed by atoms with Gasteiger partial charge in [-0.15, -0.1) is 0 Å². The number of hydrogen-bond donors (Lipinski definition) is 1. The lowest BCUT2D eigenvalue weighted by Gasteiger charge is -2.29. The molecule has 2 aromatic rings. The molecule has 1 aliphatic heterocycles. The molecule has 2 heterocycles. The van der Waals surface area contributed by atoms with Gasteiger partial charge in [0, 0.05) is 24.5 Å². The smallest absolute Gasteiger partial charge is 0.240 e. The zero-order valence-electron chi connectivity index (χ0n) is 15.5. The number of nitrogens with two attached hydrogens (primary N) is 1. The third kappa shape index (κ3) is 3.61. The normalized spacial score (nSPS) is 19.2. The van der Waals surface area contributed by atoms with E-state index in [9.17, 15) is 4.79 Å². The standard InChI is InChI=1S/C20H27N3O2/c1-13-6-5-7-14-8-10-22-18(16(13)14)25-15-9-11-23(12-15)19(24)17(21)20(2,3)4/h5-8,10,15,17H,9,11-12,21H2,1-4H3/t15-,17-/m1/s1. The molecule has 0 radical (unpaired) electrons. The van der Waals surface area contributed by atoms with Crippen LogP contribution in [0.5, 0.6) is 5.88 Å². The Bertz CT molecular complexity index is 777. The summed E-state index contributed by atoms with van der Waals surface area (Å²) in [4.78, 5) is 18.8. The average molecular weight is 341 g/mol. The highest BCUT2D eigenvalue weighted by Gasteiger charge is 2.35. The Morgan fingerprint density at radius 2 is 2.12 bits per heavy atom. The first-order chi connectivity index (χ1) is 11.8. The molecule has 1 fully saturated rings. The number of ether oxygens (including phenoxy) is 1. The molecule has 1 aromatic carbocycles. The molecule has 0 saturated carbocycles. The number of nitrogens with zero attached hydrogens (tertiary/aromatic N) is 2. The number of rotatable bonds is 3. The van der Waals surface area contributed by atoms with Crippen LogP contribution in [0.15, 0.2) is 30.5 Å². The van der Waals surface area contributed by atoms with E-state index in [0.29, 0.717) is 19.0 Å². The van der Waals surface area contributed by atoms with Crippen molar-refractivity contribution >= 4 is 16.7 Å². The maximum absolute atomic E-state index is 12.6. The van der Waals surface area contributed by atoms with Gasteiger partial charge in [-0.3, -0.25) is 4.79 Å². The SMILES string of the molecule is Cc1cccc2ccnc(O[C@@H]3CCN(C(=O)[C@@H](N)C(C)(C)C)C3)c12. The molecule has 0 spiro atoms. The molecule has 1 saturated heterocycles. The van der Waals surface area contributed by atoms with Gasteiger partial charge in [0.25, 0.3) is 0 Å². The Kier molecular flexibility index (Phi) is 4.69. The summed E-state index contributed by atoms with van der Waals surface area (Å²) in [6, 6.07) is 7.64. The minimum Gasteiger partial charge on any atom is -0.472 e. The highest BCUT2D eigenvalue weighted by atomic mass is 16.5. The van der Waals surface area contributed by atoms with Crippen molar-refractivity contribution in [2.75, 3.05) is 13.1 Å². The van der Waals surface area contributed by atoms with Crippen molar-refractivity contribution in [1.82, 2.24) is 9.88 Å². The lowest BCUT2D eigenvalue weighted by molar-refractivity contribution is -0.134. The topological polar surface area (TPSA) is 68.5 Å². The summed E-state index contributed by atoms with van der Waals surface area (Å²) >= 11 is 0. The van der Waals surface area contributed by atoms with E-state index >= 15 is 0 Å². The maximum Gasteiger partial charge on any atom is 0.240 e. The van der Waals surface area contributed by atoms with Crippen LogP contribution in [0.1, 0.15) is 32.8 Å². The molecule has 1 aliphatic rings. The second-order valence-electron chi connectivity index (χ2n) is 7.95. The van der Waals surface area contributed by atoms with Gasteiger partial charge < -0.3 is 15.4 Å². The molecule has 5 heteroatoms. The summed E-state index contributed by atoms with van der Waals surface area (Å²) in [5.41, 5.74) is 7.02. The molecule has 0 bridgehead atoms. The van der Waals surface area contributed by atoms with Crippen molar-refractivity contribution in [3.63, 3.8) is 0 Å². The zero-order valence-corrected chi connectivity index (χ0v) is 15.5. The molecule has 1 aromatic heterocycles. The Balaban J connectivity index is 1.73. The summed E-state index contributed by atoms with van der Waals surface area (Å²) in [6.07, 6.45) is 2.52. The quantitative estimate of drug-likeness (QED) is 0.932. The highest BCUT2D eigenvalue weighted by Crippen LogP contribution is 2.29. The lowest BCUT2D eigenvalue weighted by Crippen LogP contribution is -2.50. The maximum atomic E-state index is 12.6. The molecule has 0 aliphatic carbocycles. The van der Waals surface area contributed by atoms with Crippen LogP contribution in [-0.4, -0.2) is 41.0 Å². The lowest BCUT2D eigenvalue weighted by atomic mass is 9.86. The van der Waals surface area contributed by atoms with Gasteiger partial charge in [-0.25, -0.2) is 4.98 Å². The van der Waals surface area contributed by atoms with Crippen molar-refractivity contribution in [3.8, 4) is 5.88 Å². The van der Waals surface area contributed by atoms with Gasteiger partial charge in [0.2, 0.25) is 11.8 Å². The Labute approximate surface area is 149 Å². The van der Waals surface area contributed by atoms with Crippen LogP contribution in [0.25, 0.3) is 10.8 Å². The van der Waals surface area contributed by atoms with Crippen LogP contribution >= 0.6 is 0 Å². The number of fused-ring (bicyclic) bond motifs is 1. The van der Waals surface area contributed by atoms with Gasteiger partial charge >= 0.3 is 0 Å². The first-order valence-electron chi connectivity index (χ1n) is 8.83. The predicted molar refractivity (Wildman–Crippen MR) is 99.5 cm³/mol. The molecule has 0 unspecified atom stereocenters. The van der Waals surface area contributed by atoms with Crippen LogP contribution in [0.4, 0.5) is 0 Å². The minimum absolute atomic E-state index is 0.000611. The van der Waals surface area contributed by atoms with Crippen LogP contribution in [0.3, 0.4) is 0 Å². The van der Waals surface area contributed by atoms with E-state index in [4.69, 9.17) is 10.5 Å². The number of aromatic nitrogens is 1. The summed E-state index contributed by atoms with van der Waals surface area (Å²) in [5, 5.41) is 2.16. The van der Waals surface area contributed by atoms with E-state index in [1.165, 1.54) is 0 Å². The average Bonchev–Trinajstić information content (AvgIpc) is 3.01. The summed E-state index contributed by atoms with van der Waals surface area (Å²) in [6.45, 7) is 9.26. The number of likely N-dealkylation sites (tertiary alicyclic amines) is 1. The van der Waals surface area contributed by atoms with Gasteiger partial charge in [0.15, 0.2) is 0 Å². The van der Waals surface area contributed by atoms with Gasteiger partial charge in [-0.1, -0.05) is 39.0 Å². The molecule has 2 atom stereocenters. The van der Waals surface area contributed by atoms with E-state index in [-0.39, 0.29) is 17.4 Å². The Morgan fingerprint density at radius 1 is 1.36 bits per heavy atom. The number of amides is 1. The summed E-state index contributed by atoms with van der Waals surface area (Å²) in [5.74, 6) is 0.649. The second kappa shape index (κ2) is 6.64. The van der Waals surface area contributed by atoms with E-state index in [1.54, 1.807) is 6.20 Å². The van der Waals surface area contributed by atoms with E-state index in [2.05, 4.69) is 24.0 Å². The van der Waals surface area contributed by atoms with Gasteiger partial charge in [-0.05, 0) is 29.4 Å². The van der Waals surface area contributed by atoms with Crippen LogP contribution in [-0.2, 0) is 4.79 Å². The molecular formula is C20H27N3O2. The first-order valence-corrected chi connectivity index (χ1v) is 8.83. The van der Waals surface area contributed by atoms with Crippen molar-refractivity contribution in [2.24, 2.45) is 11.1 Å². The Hall–Kier alpha value is -2.14. The molecule has 25 heavy (non-hydrogen) atoms. The molecule has 2 N–H and O–H groups in total. The molecule has 3 rings (SSSR count). The van der Waals surface area contributed by atoms with Crippen molar-refractivity contribution in [1.29, 1.82) is 0 Å². The fourth-order valence-electron chi connectivity index (χ4n) is 3.21. The number of carbonyl (C=O) groups is 1. The van der Waals surface area contributed by atoms with E-state index in [1.807, 2.05) is 37.8 Å². The number of carbonyl (C=O) groups excluding carboxylic acids is 1. The third-order valence-electron chi connectivity index (χ3n) is 4.90. The number of hydrogen-bond acceptors (Lipinski definition) is 4. The molecular weight excluding hydrogens is 314 g/mol. The number of pyridine rings is 1.